The topological polar surface area (TPSA) is 8.17 Å². The monoisotopic (exact) mass is 230 g/mol. The van der Waals surface area contributed by atoms with E-state index >= 15 is 0 Å². The molecule has 2 rings (SSSR count). The number of fused-ring (bicyclic) bond motifs is 1. The fraction of sp³-hybridized carbons (Fsp3) is 0.467. The molecular weight excluding hydrogens is 208 g/mol. The van der Waals surface area contributed by atoms with Crippen LogP contribution in [0.3, 0.4) is 0 Å². The lowest BCUT2D eigenvalue weighted by Crippen LogP contribution is -2.25. The summed E-state index contributed by atoms with van der Waals surface area (Å²) in [6.45, 7) is 7.89. The number of aryl methyl sites for hydroxylation is 1. The molecule has 0 bridgehead atoms. The average molecular weight is 230 g/mol. The summed E-state index contributed by atoms with van der Waals surface area (Å²) in [5.41, 5.74) is 2.80. The van der Waals surface area contributed by atoms with Gasteiger partial charge in [-0.1, -0.05) is 32.0 Å². The van der Waals surface area contributed by atoms with E-state index < -0.39 is 0 Å². The van der Waals surface area contributed by atoms with E-state index in [1.165, 1.54) is 16.5 Å². The summed E-state index contributed by atoms with van der Waals surface area (Å²) in [7, 11) is 2.13. The molecule has 0 spiro atoms. The van der Waals surface area contributed by atoms with Crippen molar-refractivity contribution in [1.82, 2.24) is 9.47 Å². The van der Waals surface area contributed by atoms with E-state index in [1.807, 2.05) is 0 Å². The third-order valence-electron chi connectivity index (χ3n) is 3.57. The highest BCUT2D eigenvalue weighted by Gasteiger charge is 2.07. The Morgan fingerprint density at radius 3 is 2.53 bits per heavy atom. The van der Waals surface area contributed by atoms with Crippen LogP contribution in [0.5, 0.6) is 0 Å². The van der Waals surface area contributed by atoms with Gasteiger partial charge in [0.25, 0.3) is 0 Å². The number of hydrogen-bond acceptors (Lipinski definition) is 1. The van der Waals surface area contributed by atoms with Crippen LogP contribution in [0, 0.1) is 0 Å². The second kappa shape index (κ2) is 5.37. The van der Waals surface area contributed by atoms with E-state index in [0.717, 1.165) is 26.1 Å². The van der Waals surface area contributed by atoms with Crippen molar-refractivity contribution in [3.63, 3.8) is 0 Å². The maximum atomic E-state index is 2.47. The number of nitrogens with zero attached hydrogens (tertiary/aromatic N) is 2. The first-order chi connectivity index (χ1) is 8.26. The number of hydrogen-bond donors (Lipinski definition) is 0. The van der Waals surface area contributed by atoms with E-state index in [9.17, 15) is 0 Å². The summed E-state index contributed by atoms with van der Waals surface area (Å²) in [4.78, 5) is 2.47. The van der Waals surface area contributed by atoms with Crippen molar-refractivity contribution < 1.29 is 0 Å². The Hall–Kier alpha value is -1.28. The lowest BCUT2D eigenvalue weighted by molar-refractivity contribution is 0.308. The maximum absolute atomic E-state index is 2.47. The van der Waals surface area contributed by atoms with Crippen LogP contribution in [-0.2, 0) is 13.5 Å². The van der Waals surface area contributed by atoms with Crippen LogP contribution in [-0.4, -0.2) is 29.1 Å². The molecular formula is C15H22N2. The molecule has 2 aromatic rings. The normalized spacial score (nSPS) is 11.5. The van der Waals surface area contributed by atoms with E-state index in [0.29, 0.717) is 0 Å². The van der Waals surface area contributed by atoms with Gasteiger partial charge in [-0.2, -0.15) is 0 Å². The maximum Gasteiger partial charge on any atom is 0.0480 e. The first kappa shape index (κ1) is 12.2. The van der Waals surface area contributed by atoms with Crippen LogP contribution in [0.15, 0.2) is 30.5 Å². The highest BCUT2D eigenvalue weighted by molar-refractivity contribution is 5.83. The smallest absolute Gasteiger partial charge is 0.0480 e. The lowest BCUT2D eigenvalue weighted by Gasteiger charge is -2.17. The van der Waals surface area contributed by atoms with Crippen LogP contribution in [0.4, 0.5) is 0 Å². The van der Waals surface area contributed by atoms with Crippen LogP contribution in [0.1, 0.15) is 19.4 Å². The molecule has 0 radical (unpaired) electrons. The lowest BCUT2D eigenvalue weighted by atomic mass is 10.1. The van der Waals surface area contributed by atoms with Gasteiger partial charge < -0.3 is 9.47 Å². The predicted octanol–water partition coefficient (Wildman–Crippen LogP) is 3.06. The summed E-state index contributed by atoms with van der Waals surface area (Å²) in [5, 5.41) is 1.40. The Kier molecular flexibility index (Phi) is 3.85. The summed E-state index contributed by atoms with van der Waals surface area (Å²) in [6.07, 6.45) is 3.41. The summed E-state index contributed by atoms with van der Waals surface area (Å²) < 4.78 is 2.23. The van der Waals surface area contributed by atoms with E-state index in [-0.39, 0.29) is 0 Å². The van der Waals surface area contributed by atoms with Gasteiger partial charge in [0.15, 0.2) is 0 Å². The fourth-order valence-corrected chi connectivity index (χ4v) is 2.44. The molecule has 0 unspecified atom stereocenters. The third kappa shape index (κ3) is 2.52. The molecule has 0 aliphatic heterocycles. The van der Waals surface area contributed by atoms with Gasteiger partial charge in [0, 0.05) is 30.7 Å². The van der Waals surface area contributed by atoms with Crippen molar-refractivity contribution in [2.45, 2.75) is 20.3 Å². The molecule has 0 aliphatic rings. The van der Waals surface area contributed by atoms with Crippen molar-refractivity contribution >= 4 is 10.9 Å². The molecule has 1 heterocycles. The molecule has 1 aromatic carbocycles. The van der Waals surface area contributed by atoms with Gasteiger partial charge >= 0.3 is 0 Å². The Labute approximate surface area is 104 Å². The van der Waals surface area contributed by atoms with Crippen molar-refractivity contribution in [3.8, 4) is 0 Å². The van der Waals surface area contributed by atoms with Gasteiger partial charge in [0.1, 0.15) is 0 Å². The largest absolute Gasteiger partial charge is 0.350 e. The van der Waals surface area contributed by atoms with E-state index in [2.05, 4.69) is 60.8 Å². The van der Waals surface area contributed by atoms with Gasteiger partial charge in [-0.3, -0.25) is 0 Å². The number of benzene rings is 1. The molecule has 0 fully saturated rings. The molecule has 1 aromatic heterocycles. The second-order valence-electron chi connectivity index (χ2n) is 4.56. The van der Waals surface area contributed by atoms with Crippen LogP contribution in [0.2, 0.25) is 0 Å². The Morgan fingerprint density at radius 2 is 1.82 bits per heavy atom. The summed E-state index contributed by atoms with van der Waals surface area (Å²) in [6, 6.07) is 8.66. The number of para-hydroxylation sites is 1. The summed E-state index contributed by atoms with van der Waals surface area (Å²) >= 11 is 0. The van der Waals surface area contributed by atoms with Crippen molar-refractivity contribution in [2.24, 2.45) is 7.05 Å². The second-order valence-corrected chi connectivity index (χ2v) is 4.56. The molecule has 17 heavy (non-hydrogen) atoms. The minimum absolute atomic E-state index is 1.14. The molecule has 2 heteroatoms. The van der Waals surface area contributed by atoms with Crippen LogP contribution in [0.25, 0.3) is 10.9 Å². The molecule has 0 aliphatic carbocycles. The van der Waals surface area contributed by atoms with Gasteiger partial charge in [0.05, 0.1) is 0 Å². The molecule has 0 N–H and O–H groups in total. The van der Waals surface area contributed by atoms with E-state index in [1.54, 1.807) is 0 Å². The van der Waals surface area contributed by atoms with Crippen LogP contribution < -0.4 is 0 Å². The minimum atomic E-state index is 1.14. The quantitative estimate of drug-likeness (QED) is 0.766. The first-order valence-corrected chi connectivity index (χ1v) is 6.51. The molecule has 2 nitrogen and oxygen atoms in total. The molecule has 0 saturated heterocycles. The minimum Gasteiger partial charge on any atom is -0.350 e. The zero-order valence-corrected chi connectivity index (χ0v) is 11.1. The Morgan fingerprint density at radius 1 is 1.12 bits per heavy atom. The number of likely N-dealkylation sites (N-methyl/N-ethyl adjacent to an activating group) is 1. The van der Waals surface area contributed by atoms with Crippen molar-refractivity contribution in [2.75, 3.05) is 19.6 Å². The van der Waals surface area contributed by atoms with Gasteiger partial charge in [-0.05, 0) is 31.1 Å². The van der Waals surface area contributed by atoms with Crippen LogP contribution >= 0.6 is 0 Å². The zero-order chi connectivity index (χ0) is 12.3. The highest BCUT2D eigenvalue weighted by atomic mass is 15.1. The Bertz CT molecular complexity index is 481. The molecule has 92 valence electrons. The third-order valence-corrected chi connectivity index (χ3v) is 3.57. The van der Waals surface area contributed by atoms with Gasteiger partial charge in [-0.25, -0.2) is 0 Å². The van der Waals surface area contributed by atoms with Crippen molar-refractivity contribution in [3.05, 3.63) is 36.0 Å². The zero-order valence-electron chi connectivity index (χ0n) is 11.1. The van der Waals surface area contributed by atoms with Crippen molar-refractivity contribution in [1.29, 1.82) is 0 Å². The van der Waals surface area contributed by atoms with E-state index in [4.69, 9.17) is 0 Å². The fourth-order valence-electron chi connectivity index (χ4n) is 2.44. The van der Waals surface area contributed by atoms with Gasteiger partial charge in [-0.15, -0.1) is 0 Å². The summed E-state index contributed by atoms with van der Waals surface area (Å²) in [5.74, 6) is 0. The average Bonchev–Trinajstić information content (AvgIpc) is 2.69. The number of rotatable bonds is 5. The molecule has 0 saturated carbocycles. The molecule has 0 atom stereocenters. The SMILES string of the molecule is CCN(CC)CCc1cn(C)c2ccccc12. The molecule has 0 amide bonds. The predicted molar refractivity (Wildman–Crippen MR) is 74.4 cm³/mol. The highest BCUT2D eigenvalue weighted by Crippen LogP contribution is 2.20. The first-order valence-electron chi connectivity index (χ1n) is 6.51. The van der Waals surface area contributed by atoms with Gasteiger partial charge in [0.2, 0.25) is 0 Å². The Balaban J connectivity index is 2.19. The number of aromatic nitrogens is 1. The standard InChI is InChI=1S/C15H22N2/c1-4-17(5-2)11-10-13-12-16(3)15-9-7-6-8-14(13)15/h6-9,12H,4-5,10-11H2,1-3H3.